The van der Waals surface area contributed by atoms with E-state index in [2.05, 4.69) is 33.2 Å². The number of aliphatic carboxylic acids is 1. The SMILES string of the molecule is O=C(O)/C=C/CNC(=O)Nc1ccc(Cl)cc1I. The van der Waals surface area contributed by atoms with Crippen molar-refractivity contribution in [1.29, 1.82) is 0 Å². The Morgan fingerprint density at radius 2 is 2.17 bits per heavy atom. The molecule has 0 aliphatic heterocycles. The van der Waals surface area contributed by atoms with Crippen LogP contribution in [0, 0.1) is 3.57 Å². The molecule has 0 aliphatic carbocycles. The van der Waals surface area contributed by atoms with E-state index < -0.39 is 12.0 Å². The second-order valence-electron chi connectivity index (χ2n) is 3.20. The minimum absolute atomic E-state index is 0.141. The molecule has 18 heavy (non-hydrogen) atoms. The van der Waals surface area contributed by atoms with E-state index in [1.165, 1.54) is 6.08 Å². The molecule has 0 saturated heterocycles. The number of carbonyl (C=O) groups is 2. The molecule has 0 atom stereocenters. The molecule has 0 aliphatic rings. The van der Waals surface area contributed by atoms with Crippen molar-refractivity contribution in [3.63, 3.8) is 0 Å². The third-order valence-corrected chi connectivity index (χ3v) is 2.95. The lowest BCUT2D eigenvalue weighted by Crippen LogP contribution is -2.29. The van der Waals surface area contributed by atoms with E-state index in [1.807, 2.05) is 0 Å². The highest BCUT2D eigenvalue weighted by Crippen LogP contribution is 2.21. The molecule has 0 radical (unpaired) electrons. The minimum Gasteiger partial charge on any atom is -0.478 e. The Bertz CT molecular complexity index is 491. The van der Waals surface area contributed by atoms with Crippen LogP contribution in [0.15, 0.2) is 30.4 Å². The van der Waals surface area contributed by atoms with Crippen LogP contribution in [0.4, 0.5) is 10.5 Å². The lowest BCUT2D eigenvalue weighted by Gasteiger charge is -2.08. The summed E-state index contributed by atoms with van der Waals surface area (Å²) in [5.41, 5.74) is 0.639. The third kappa shape index (κ3) is 5.37. The molecule has 1 rings (SSSR count). The van der Waals surface area contributed by atoms with E-state index in [1.54, 1.807) is 18.2 Å². The zero-order chi connectivity index (χ0) is 13.5. The molecule has 0 saturated carbocycles. The highest BCUT2D eigenvalue weighted by molar-refractivity contribution is 14.1. The molecule has 1 aromatic rings. The summed E-state index contributed by atoms with van der Waals surface area (Å²) in [5, 5.41) is 14.1. The van der Waals surface area contributed by atoms with Gasteiger partial charge in [-0.25, -0.2) is 9.59 Å². The summed E-state index contributed by atoms with van der Waals surface area (Å²) in [4.78, 5) is 21.6. The fourth-order valence-corrected chi connectivity index (χ4v) is 2.08. The number of benzene rings is 1. The second-order valence-corrected chi connectivity index (χ2v) is 4.80. The number of carboxylic acids is 1. The first-order valence-corrected chi connectivity index (χ1v) is 6.34. The molecule has 1 aromatic carbocycles. The summed E-state index contributed by atoms with van der Waals surface area (Å²) < 4.78 is 0.816. The van der Waals surface area contributed by atoms with Crippen LogP contribution < -0.4 is 10.6 Å². The standard InChI is InChI=1S/C11H10ClIN2O3/c12-7-3-4-9(8(13)6-7)15-11(18)14-5-1-2-10(16)17/h1-4,6H,5H2,(H,16,17)(H2,14,15,18)/b2-1+. The van der Waals surface area contributed by atoms with Crippen molar-refractivity contribution in [2.45, 2.75) is 0 Å². The maximum Gasteiger partial charge on any atom is 0.328 e. The Balaban J connectivity index is 2.47. The fourth-order valence-electron chi connectivity index (χ4n) is 1.07. The molecule has 2 amide bonds. The summed E-state index contributed by atoms with van der Waals surface area (Å²) in [7, 11) is 0. The third-order valence-electron chi connectivity index (χ3n) is 1.82. The number of halogens is 2. The van der Waals surface area contributed by atoms with Gasteiger partial charge in [-0.3, -0.25) is 0 Å². The van der Waals surface area contributed by atoms with Crippen LogP contribution >= 0.6 is 34.2 Å². The van der Waals surface area contributed by atoms with Gasteiger partial charge in [-0.2, -0.15) is 0 Å². The predicted molar refractivity (Wildman–Crippen MR) is 78.0 cm³/mol. The van der Waals surface area contributed by atoms with E-state index in [0.717, 1.165) is 9.65 Å². The Morgan fingerprint density at radius 3 is 2.78 bits per heavy atom. The first-order valence-electron chi connectivity index (χ1n) is 4.88. The van der Waals surface area contributed by atoms with E-state index in [9.17, 15) is 9.59 Å². The number of amides is 2. The van der Waals surface area contributed by atoms with Gasteiger partial charge in [0.05, 0.1) is 5.69 Å². The fraction of sp³-hybridized carbons (Fsp3) is 0.0909. The van der Waals surface area contributed by atoms with Crippen molar-refractivity contribution >= 4 is 51.9 Å². The smallest absolute Gasteiger partial charge is 0.328 e. The molecule has 7 heteroatoms. The van der Waals surface area contributed by atoms with Gasteiger partial charge in [-0.15, -0.1) is 0 Å². The Labute approximate surface area is 122 Å². The number of hydrogen-bond acceptors (Lipinski definition) is 2. The van der Waals surface area contributed by atoms with Gasteiger partial charge in [0.15, 0.2) is 0 Å². The van der Waals surface area contributed by atoms with Crippen LogP contribution in [0.1, 0.15) is 0 Å². The maximum absolute atomic E-state index is 11.5. The summed E-state index contributed by atoms with van der Waals surface area (Å²) in [6, 6.07) is 4.67. The van der Waals surface area contributed by atoms with Crippen LogP contribution in [-0.4, -0.2) is 23.7 Å². The van der Waals surface area contributed by atoms with Crippen molar-refractivity contribution in [2.24, 2.45) is 0 Å². The van der Waals surface area contributed by atoms with Gasteiger partial charge < -0.3 is 15.7 Å². The van der Waals surface area contributed by atoms with Crippen LogP contribution in [0.25, 0.3) is 0 Å². The van der Waals surface area contributed by atoms with E-state index in [4.69, 9.17) is 16.7 Å². The van der Waals surface area contributed by atoms with Crippen molar-refractivity contribution in [3.05, 3.63) is 38.9 Å². The van der Waals surface area contributed by atoms with Gasteiger partial charge in [0, 0.05) is 21.2 Å². The van der Waals surface area contributed by atoms with Gasteiger partial charge >= 0.3 is 12.0 Å². The molecule has 0 fully saturated rings. The Hall–Kier alpha value is -1.28. The largest absolute Gasteiger partial charge is 0.478 e. The molecule has 0 unspecified atom stereocenters. The van der Waals surface area contributed by atoms with Crippen molar-refractivity contribution in [2.75, 3.05) is 11.9 Å². The lowest BCUT2D eigenvalue weighted by atomic mass is 10.3. The number of nitrogens with one attached hydrogen (secondary N) is 2. The first-order chi connectivity index (χ1) is 8.49. The Kier molecular flexibility index (Phi) is 5.93. The van der Waals surface area contributed by atoms with E-state index in [-0.39, 0.29) is 6.54 Å². The zero-order valence-corrected chi connectivity index (χ0v) is 12.0. The van der Waals surface area contributed by atoms with Crippen LogP contribution in [-0.2, 0) is 4.79 Å². The number of hydrogen-bond donors (Lipinski definition) is 3. The number of anilines is 1. The number of urea groups is 1. The lowest BCUT2D eigenvalue weighted by molar-refractivity contribution is -0.131. The summed E-state index contributed by atoms with van der Waals surface area (Å²) in [6.45, 7) is 0.141. The van der Waals surface area contributed by atoms with Gasteiger partial charge in [0.2, 0.25) is 0 Å². The van der Waals surface area contributed by atoms with Crippen molar-refractivity contribution in [3.8, 4) is 0 Å². The normalized spacial score (nSPS) is 10.3. The second kappa shape index (κ2) is 7.22. The van der Waals surface area contributed by atoms with E-state index >= 15 is 0 Å². The zero-order valence-electron chi connectivity index (χ0n) is 9.11. The quantitative estimate of drug-likeness (QED) is 0.555. The molecule has 0 spiro atoms. The molecule has 0 bridgehead atoms. The molecule has 0 aromatic heterocycles. The molecule has 3 N–H and O–H groups in total. The van der Waals surface area contributed by atoms with E-state index in [0.29, 0.717) is 10.7 Å². The summed E-state index contributed by atoms with van der Waals surface area (Å²) in [5.74, 6) is -1.05. The highest BCUT2D eigenvalue weighted by atomic mass is 127. The minimum atomic E-state index is -1.05. The molecule has 0 heterocycles. The molecular weight excluding hydrogens is 370 g/mol. The van der Waals surface area contributed by atoms with Gasteiger partial charge in [0.1, 0.15) is 0 Å². The predicted octanol–water partition coefficient (Wildman–Crippen LogP) is 2.71. The van der Waals surface area contributed by atoms with Crippen LogP contribution in [0.2, 0.25) is 5.02 Å². The topological polar surface area (TPSA) is 78.4 Å². The average molecular weight is 381 g/mol. The van der Waals surface area contributed by atoms with Crippen molar-refractivity contribution < 1.29 is 14.7 Å². The van der Waals surface area contributed by atoms with Gasteiger partial charge in [-0.05, 0) is 40.8 Å². The average Bonchev–Trinajstić information content (AvgIpc) is 2.28. The highest BCUT2D eigenvalue weighted by Gasteiger charge is 2.04. The van der Waals surface area contributed by atoms with Crippen LogP contribution in [0.5, 0.6) is 0 Å². The maximum atomic E-state index is 11.5. The summed E-state index contributed by atoms with van der Waals surface area (Å²) >= 11 is 7.84. The van der Waals surface area contributed by atoms with Gasteiger partial charge in [0.25, 0.3) is 0 Å². The molecular formula is C11H10ClIN2O3. The van der Waals surface area contributed by atoms with Gasteiger partial charge in [-0.1, -0.05) is 17.7 Å². The number of carboxylic acid groups (broad SMARTS) is 1. The molecule has 96 valence electrons. The van der Waals surface area contributed by atoms with Crippen molar-refractivity contribution in [1.82, 2.24) is 5.32 Å². The van der Waals surface area contributed by atoms with Crippen LogP contribution in [0.3, 0.4) is 0 Å². The molecule has 5 nitrogen and oxygen atoms in total. The first kappa shape index (κ1) is 14.8. The monoisotopic (exact) mass is 380 g/mol. The number of carbonyl (C=O) groups excluding carboxylic acids is 1. The Morgan fingerprint density at radius 1 is 1.44 bits per heavy atom. The summed E-state index contributed by atoms with van der Waals surface area (Å²) in [6.07, 6.45) is 2.31. The number of rotatable bonds is 4.